The maximum absolute atomic E-state index is 12.6. The Kier molecular flexibility index (Phi) is 4.98. The van der Waals surface area contributed by atoms with Crippen molar-refractivity contribution in [3.8, 4) is 11.3 Å². The molecule has 0 saturated carbocycles. The topological polar surface area (TPSA) is 53.4 Å². The largest absolute Gasteiger partial charge is 0.389 e. The third-order valence-corrected chi connectivity index (χ3v) is 4.06. The summed E-state index contributed by atoms with van der Waals surface area (Å²) in [5, 5.41) is 14.0. The number of carbonyl (C=O) groups excluding carboxylic acids is 1. The van der Waals surface area contributed by atoms with Crippen LogP contribution in [0.25, 0.3) is 11.3 Å². The van der Waals surface area contributed by atoms with E-state index in [2.05, 4.69) is 4.98 Å². The number of carbonyl (C=O) groups is 1. The van der Waals surface area contributed by atoms with E-state index < -0.39 is 5.60 Å². The maximum Gasteiger partial charge on any atom is 0.255 e. The van der Waals surface area contributed by atoms with E-state index in [0.29, 0.717) is 24.3 Å². The van der Waals surface area contributed by atoms with Crippen LogP contribution in [0, 0.1) is 6.92 Å². The number of hydrogen-bond acceptors (Lipinski definition) is 4. The number of pyridine rings is 1. The van der Waals surface area contributed by atoms with Crippen LogP contribution < -0.4 is 0 Å². The summed E-state index contributed by atoms with van der Waals surface area (Å²) < 4.78 is 0. The summed E-state index contributed by atoms with van der Waals surface area (Å²) in [6.07, 6.45) is 0. The molecule has 1 amide bonds. The van der Waals surface area contributed by atoms with Crippen LogP contribution in [0.1, 0.15) is 36.8 Å². The molecule has 22 heavy (non-hydrogen) atoms. The second-order valence-corrected chi connectivity index (χ2v) is 6.75. The Morgan fingerprint density at radius 3 is 2.59 bits per heavy atom. The lowest BCUT2D eigenvalue weighted by molar-refractivity contribution is 0.0314. The van der Waals surface area contributed by atoms with Gasteiger partial charge in [-0.25, -0.2) is 0 Å². The molecular formula is C17H22N2O2S. The summed E-state index contributed by atoms with van der Waals surface area (Å²) in [6.45, 7) is 8.01. The van der Waals surface area contributed by atoms with Gasteiger partial charge in [-0.05, 0) is 51.3 Å². The standard InChI is InChI=1S/C17H22N2O2S/c1-5-19(11-17(3,4)21)16(20)14-6-7-15(18-12(14)2)13-8-9-22-10-13/h6-10,21H,5,11H2,1-4H3. The van der Waals surface area contributed by atoms with Gasteiger partial charge in [0.15, 0.2) is 0 Å². The van der Waals surface area contributed by atoms with Gasteiger partial charge in [-0.2, -0.15) is 11.3 Å². The molecule has 2 aromatic heterocycles. The summed E-state index contributed by atoms with van der Waals surface area (Å²) in [4.78, 5) is 18.8. The van der Waals surface area contributed by atoms with Gasteiger partial charge >= 0.3 is 0 Å². The molecule has 2 heterocycles. The maximum atomic E-state index is 12.6. The highest BCUT2D eigenvalue weighted by Crippen LogP contribution is 2.22. The summed E-state index contributed by atoms with van der Waals surface area (Å²) in [5.41, 5.74) is 2.33. The molecule has 0 bridgehead atoms. The molecule has 118 valence electrons. The second kappa shape index (κ2) is 6.58. The van der Waals surface area contributed by atoms with Crippen molar-refractivity contribution in [2.45, 2.75) is 33.3 Å². The average Bonchev–Trinajstić information content (AvgIpc) is 2.97. The lowest BCUT2D eigenvalue weighted by Crippen LogP contribution is -2.42. The molecular weight excluding hydrogens is 296 g/mol. The van der Waals surface area contributed by atoms with Crippen molar-refractivity contribution in [3.05, 3.63) is 40.2 Å². The van der Waals surface area contributed by atoms with Crippen molar-refractivity contribution in [1.29, 1.82) is 0 Å². The van der Waals surface area contributed by atoms with E-state index in [1.54, 1.807) is 30.1 Å². The van der Waals surface area contributed by atoms with E-state index in [-0.39, 0.29) is 5.91 Å². The molecule has 5 heteroatoms. The Balaban J connectivity index is 2.26. The lowest BCUT2D eigenvalue weighted by atomic mass is 10.1. The van der Waals surface area contributed by atoms with Crippen molar-refractivity contribution < 1.29 is 9.90 Å². The number of aliphatic hydroxyl groups is 1. The van der Waals surface area contributed by atoms with Crippen molar-refractivity contribution in [3.63, 3.8) is 0 Å². The molecule has 2 rings (SSSR count). The number of rotatable bonds is 5. The zero-order valence-corrected chi connectivity index (χ0v) is 14.3. The Bertz CT molecular complexity index is 645. The van der Waals surface area contributed by atoms with Crippen LogP contribution in [0.15, 0.2) is 29.0 Å². The van der Waals surface area contributed by atoms with Crippen molar-refractivity contribution in [1.82, 2.24) is 9.88 Å². The van der Waals surface area contributed by atoms with Crippen LogP contribution in [-0.4, -0.2) is 39.6 Å². The van der Waals surface area contributed by atoms with Gasteiger partial charge in [0.05, 0.1) is 22.6 Å². The number of aromatic nitrogens is 1. The fourth-order valence-corrected chi connectivity index (χ4v) is 2.97. The minimum Gasteiger partial charge on any atom is -0.389 e. The number of likely N-dealkylation sites (N-methyl/N-ethyl adjacent to an activating group) is 1. The molecule has 0 unspecified atom stereocenters. The zero-order chi connectivity index (χ0) is 16.3. The second-order valence-electron chi connectivity index (χ2n) is 5.97. The van der Waals surface area contributed by atoms with Gasteiger partial charge in [0.1, 0.15) is 0 Å². The number of hydrogen-bond donors (Lipinski definition) is 1. The number of thiophene rings is 1. The Hall–Kier alpha value is -1.72. The van der Waals surface area contributed by atoms with Gasteiger partial charge in [-0.3, -0.25) is 9.78 Å². The van der Waals surface area contributed by atoms with Crippen molar-refractivity contribution >= 4 is 17.2 Å². The first kappa shape index (κ1) is 16.6. The summed E-state index contributed by atoms with van der Waals surface area (Å²) in [7, 11) is 0. The van der Waals surface area contributed by atoms with E-state index in [0.717, 1.165) is 11.3 Å². The van der Waals surface area contributed by atoms with Crippen LogP contribution in [0.2, 0.25) is 0 Å². The SMILES string of the molecule is CCN(CC(C)(C)O)C(=O)c1ccc(-c2ccsc2)nc1C. The van der Waals surface area contributed by atoms with Gasteiger partial charge in [0.25, 0.3) is 5.91 Å². The predicted octanol–water partition coefficient (Wildman–Crippen LogP) is 3.35. The van der Waals surface area contributed by atoms with Crippen LogP contribution in [0.4, 0.5) is 0 Å². The van der Waals surface area contributed by atoms with Gasteiger partial charge in [-0.15, -0.1) is 0 Å². The van der Waals surface area contributed by atoms with Gasteiger partial charge in [0.2, 0.25) is 0 Å². The Labute approximate surface area is 135 Å². The van der Waals surface area contributed by atoms with Crippen LogP contribution >= 0.6 is 11.3 Å². The molecule has 4 nitrogen and oxygen atoms in total. The number of aryl methyl sites for hydroxylation is 1. The van der Waals surface area contributed by atoms with Gasteiger partial charge in [0, 0.05) is 24.0 Å². The molecule has 0 aliphatic heterocycles. The summed E-state index contributed by atoms with van der Waals surface area (Å²) in [6, 6.07) is 5.71. The minimum absolute atomic E-state index is 0.0912. The first-order chi connectivity index (χ1) is 10.3. The quantitative estimate of drug-likeness (QED) is 0.920. The van der Waals surface area contributed by atoms with E-state index >= 15 is 0 Å². The molecule has 1 N–H and O–H groups in total. The van der Waals surface area contributed by atoms with Crippen molar-refractivity contribution in [2.24, 2.45) is 0 Å². The van der Waals surface area contributed by atoms with Crippen LogP contribution in [0.5, 0.6) is 0 Å². The van der Waals surface area contributed by atoms with E-state index in [4.69, 9.17) is 0 Å². The predicted molar refractivity (Wildman–Crippen MR) is 90.2 cm³/mol. The normalized spacial score (nSPS) is 11.5. The Morgan fingerprint density at radius 1 is 1.36 bits per heavy atom. The summed E-state index contributed by atoms with van der Waals surface area (Å²) in [5.74, 6) is -0.0912. The molecule has 0 aromatic carbocycles. The zero-order valence-electron chi connectivity index (χ0n) is 13.5. The summed E-state index contributed by atoms with van der Waals surface area (Å²) >= 11 is 1.62. The molecule has 0 fully saturated rings. The number of nitrogens with zero attached hydrogens (tertiary/aromatic N) is 2. The molecule has 0 aliphatic rings. The average molecular weight is 318 g/mol. The molecule has 0 saturated heterocycles. The highest BCUT2D eigenvalue weighted by atomic mass is 32.1. The molecule has 0 radical (unpaired) electrons. The van der Waals surface area contributed by atoms with E-state index in [9.17, 15) is 9.90 Å². The Morgan fingerprint density at radius 2 is 2.09 bits per heavy atom. The minimum atomic E-state index is -0.913. The highest BCUT2D eigenvalue weighted by Gasteiger charge is 2.23. The van der Waals surface area contributed by atoms with Crippen molar-refractivity contribution in [2.75, 3.05) is 13.1 Å². The molecule has 2 aromatic rings. The first-order valence-corrected chi connectivity index (χ1v) is 8.28. The first-order valence-electron chi connectivity index (χ1n) is 7.33. The third-order valence-electron chi connectivity index (χ3n) is 3.38. The van der Waals surface area contributed by atoms with Gasteiger partial charge in [-0.1, -0.05) is 0 Å². The molecule has 0 spiro atoms. The fraction of sp³-hybridized carbons (Fsp3) is 0.412. The van der Waals surface area contributed by atoms with Gasteiger partial charge < -0.3 is 10.0 Å². The lowest BCUT2D eigenvalue weighted by Gasteiger charge is -2.28. The van der Waals surface area contributed by atoms with E-state index in [1.165, 1.54) is 0 Å². The fourth-order valence-electron chi connectivity index (χ4n) is 2.32. The third kappa shape index (κ3) is 3.93. The smallest absolute Gasteiger partial charge is 0.255 e. The van der Waals surface area contributed by atoms with Crippen LogP contribution in [0.3, 0.4) is 0 Å². The number of amides is 1. The monoisotopic (exact) mass is 318 g/mol. The van der Waals surface area contributed by atoms with E-state index in [1.807, 2.05) is 42.8 Å². The molecule has 0 atom stereocenters. The van der Waals surface area contributed by atoms with Crippen LogP contribution in [-0.2, 0) is 0 Å². The molecule has 0 aliphatic carbocycles. The highest BCUT2D eigenvalue weighted by molar-refractivity contribution is 7.08.